The van der Waals surface area contributed by atoms with Crippen molar-refractivity contribution in [1.82, 2.24) is 0 Å². The Morgan fingerprint density at radius 1 is 0.448 bits per heavy atom. The minimum absolute atomic E-state index is 0.0697. The van der Waals surface area contributed by atoms with E-state index >= 15 is 0 Å². The Morgan fingerprint density at radius 3 is 1.12 bits per heavy atom. The van der Waals surface area contributed by atoms with Crippen LogP contribution in [0, 0.1) is 0 Å². The molecule has 18 heteroatoms. The SMILES string of the molecule is CCCCCCCCCCCCCCCCC(=O)OC[C@H](COC[C@@H](COC(=O)CCCCCCCCCCCCCCC)OP(=O)(O)OCC[N+](C)(C)C)OOP(=O)(O)OCC[N+](C)(C)C. The van der Waals surface area contributed by atoms with Gasteiger partial charge in [0.05, 0.1) is 55.5 Å². The molecular formula is C49H102N2O14P2+2. The van der Waals surface area contributed by atoms with Gasteiger partial charge >= 0.3 is 27.6 Å². The number of phosphoric acid groups is 2. The van der Waals surface area contributed by atoms with Crippen LogP contribution in [0.4, 0.5) is 0 Å². The van der Waals surface area contributed by atoms with Crippen molar-refractivity contribution < 1.29 is 74.8 Å². The smallest absolute Gasteiger partial charge is 0.463 e. The lowest BCUT2D eigenvalue weighted by atomic mass is 10.0. The average molecular weight is 1010 g/mol. The third kappa shape index (κ3) is 48.4. The van der Waals surface area contributed by atoms with E-state index in [0.29, 0.717) is 34.9 Å². The van der Waals surface area contributed by atoms with Crippen LogP contribution < -0.4 is 0 Å². The van der Waals surface area contributed by atoms with Crippen molar-refractivity contribution in [1.29, 1.82) is 0 Å². The van der Waals surface area contributed by atoms with Gasteiger partial charge in [-0.2, -0.15) is 0 Å². The molecule has 0 rings (SSSR count). The van der Waals surface area contributed by atoms with E-state index in [2.05, 4.69) is 13.8 Å². The van der Waals surface area contributed by atoms with Gasteiger partial charge in [-0.3, -0.25) is 23.2 Å². The van der Waals surface area contributed by atoms with Crippen LogP contribution in [0.25, 0.3) is 0 Å². The second-order valence-corrected chi connectivity index (χ2v) is 23.1. The van der Waals surface area contributed by atoms with Crippen molar-refractivity contribution in [2.24, 2.45) is 0 Å². The zero-order chi connectivity index (χ0) is 50.1. The lowest BCUT2D eigenvalue weighted by Crippen LogP contribution is -2.37. The first-order chi connectivity index (χ1) is 31.8. The number of ether oxygens (including phenoxy) is 3. The Balaban J connectivity index is 5.16. The summed E-state index contributed by atoms with van der Waals surface area (Å²) in [5, 5.41) is 0. The molecule has 67 heavy (non-hydrogen) atoms. The van der Waals surface area contributed by atoms with E-state index in [1.807, 2.05) is 42.3 Å². The molecule has 0 saturated heterocycles. The van der Waals surface area contributed by atoms with E-state index in [4.69, 9.17) is 37.3 Å². The third-order valence-corrected chi connectivity index (χ3v) is 13.1. The monoisotopic (exact) mass is 1000 g/mol. The Bertz CT molecular complexity index is 1280. The molecule has 0 aliphatic rings. The van der Waals surface area contributed by atoms with Crippen LogP contribution in [0.1, 0.15) is 200 Å². The largest absolute Gasteiger partial charge is 0.499 e. The van der Waals surface area contributed by atoms with Crippen LogP contribution in [-0.2, 0) is 56.1 Å². The van der Waals surface area contributed by atoms with E-state index in [-0.39, 0.29) is 45.9 Å². The van der Waals surface area contributed by atoms with Crippen molar-refractivity contribution >= 4 is 27.6 Å². The summed E-state index contributed by atoms with van der Waals surface area (Å²) in [6.45, 7) is 3.63. The summed E-state index contributed by atoms with van der Waals surface area (Å²) in [4.78, 5) is 51.5. The predicted octanol–water partition coefficient (Wildman–Crippen LogP) is 11.8. The molecule has 0 saturated carbocycles. The quantitative estimate of drug-likeness (QED) is 0.0147. The van der Waals surface area contributed by atoms with Gasteiger partial charge in [-0.1, -0.05) is 174 Å². The summed E-state index contributed by atoms with van der Waals surface area (Å²) in [6, 6.07) is 0. The van der Waals surface area contributed by atoms with Crippen LogP contribution in [0.2, 0.25) is 0 Å². The van der Waals surface area contributed by atoms with E-state index in [0.717, 1.165) is 38.5 Å². The fraction of sp³-hybridized carbons (Fsp3) is 0.959. The average Bonchev–Trinajstić information content (AvgIpc) is 3.24. The molecule has 0 fully saturated rings. The third-order valence-electron chi connectivity index (χ3n) is 11.3. The fourth-order valence-electron chi connectivity index (χ4n) is 7.03. The molecule has 2 N–H and O–H groups in total. The van der Waals surface area contributed by atoms with E-state index in [1.54, 1.807) is 0 Å². The molecule has 0 aromatic heterocycles. The van der Waals surface area contributed by atoms with Gasteiger partial charge in [0, 0.05) is 12.8 Å². The topological polar surface area (TPSA) is 183 Å². The minimum atomic E-state index is -4.67. The summed E-state index contributed by atoms with van der Waals surface area (Å²) in [6.07, 6.45) is 30.0. The van der Waals surface area contributed by atoms with Gasteiger partial charge in [-0.05, 0) is 12.8 Å². The number of hydrogen-bond acceptors (Lipinski definition) is 12. The molecule has 0 amide bonds. The standard InChI is InChI=1S/C49H100N2O14P2/c1-9-11-13-15-17-19-21-23-25-27-29-30-32-34-36-48(52)59-44-46(63-65-67(56,57)62-41-39-51(6,7)8)42-58-43-47(64-66(54,55)61-40-38-50(3,4)5)45-60-49(53)37-35-33-31-28-26-24-22-20-18-16-14-12-10-2/h46-47H,9-45H2,1-8H3/p+2/t46-,47-/m0/s1. The highest BCUT2D eigenvalue weighted by Gasteiger charge is 2.31. The zero-order valence-electron chi connectivity index (χ0n) is 43.9. The molecule has 0 aliphatic heterocycles. The molecule has 0 spiro atoms. The lowest BCUT2D eigenvalue weighted by molar-refractivity contribution is -0.870. The first-order valence-corrected chi connectivity index (χ1v) is 29.2. The molecule has 0 aromatic rings. The molecule has 0 radical (unpaired) electrons. The lowest BCUT2D eigenvalue weighted by Gasteiger charge is -2.25. The van der Waals surface area contributed by atoms with Crippen molar-refractivity contribution in [3.05, 3.63) is 0 Å². The van der Waals surface area contributed by atoms with Crippen LogP contribution >= 0.6 is 15.6 Å². The van der Waals surface area contributed by atoms with Gasteiger partial charge in [-0.15, -0.1) is 4.67 Å². The zero-order valence-corrected chi connectivity index (χ0v) is 45.7. The van der Waals surface area contributed by atoms with Gasteiger partial charge in [0.2, 0.25) is 0 Å². The normalized spacial score (nSPS) is 15.0. The van der Waals surface area contributed by atoms with Crippen LogP contribution in [0.3, 0.4) is 0 Å². The molecule has 0 bridgehead atoms. The van der Waals surface area contributed by atoms with Crippen molar-refractivity contribution in [3.63, 3.8) is 0 Å². The number of carbonyl (C=O) groups is 2. The summed E-state index contributed by atoms with van der Waals surface area (Å²) in [7, 11) is 2.13. The summed E-state index contributed by atoms with van der Waals surface area (Å²) in [5.74, 6) is -0.942. The molecule has 2 unspecified atom stereocenters. The predicted molar refractivity (Wildman–Crippen MR) is 266 cm³/mol. The second kappa shape index (κ2) is 41.6. The first kappa shape index (κ1) is 66.0. The number of rotatable bonds is 50. The Hall–Kier alpha value is -1.00. The molecule has 16 nitrogen and oxygen atoms in total. The van der Waals surface area contributed by atoms with E-state index in [1.165, 1.54) is 122 Å². The number of phosphoric ester groups is 2. The van der Waals surface area contributed by atoms with Gasteiger partial charge in [0.1, 0.15) is 45.6 Å². The van der Waals surface area contributed by atoms with Gasteiger partial charge in [0.15, 0.2) is 6.10 Å². The maximum Gasteiger partial charge on any atom is 0.499 e. The maximum absolute atomic E-state index is 13.0. The molecule has 0 heterocycles. The highest BCUT2D eigenvalue weighted by molar-refractivity contribution is 7.47. The highest BCUT2D eigenvalue weighted by Crippen LogP contribution is 2.45. The molecule has 4 atom stereocenters. The minimum Gasteiger partial charge on any atom is -0.463 e. The Labute approximate surface area is 408 Å². The van der Waals surface area contributed by atoms with Crippen molar-refractivity contribution in [2.75, 3.05) is 95.0 Å². The highest BCUT2D eigenvalue weighted by atomic mass is 31.2. The Kier molecular flexibility index (Phi) is 41.0. The summed E-state index contributed by atoms with van der Waals surface area (Å²) >= 11 is 0. The number of likely N-dealkylation sites (N-methyl/N-ethyl adjacent to an activating group) is 2. The number of hydrogen-bond donors (Lipinski definition) is 2. The van der Waals surface area contributed by atoms with Crippen LogP contribution in [-0.4, -0.2) is 138 Å². The van der Waals surface area contributed by atoms with Gasteiger partial charge in [-0.25, -0.2) is 14.0 Å². The number of nitrogens with zero attached hydrogens (tertiary/aromatic N) is 2. The van der Waals surface area contributed by atoms with Gasteiger partial charge < -0.3 is 33.0 Å². The number of esters is 2. The maximum atomic E-state index is 13.0. The van der Waals surface area contributed by atoms with Gasteiger partial charge in [0.25, 0.3) is 0 Å². The number of carbonyl (C=O) groups excluding carboxylic acids is 2. The fourth-order valence-corrected chi connectivity index (χ4v) is 8.48. The molecule has 0 aromatic carbocycles. The van der Waals surface area contributed by atoms with E-state index < -0.39 is 46.4 Å². The first-order valence-electron chi connectivity index (χ1n) is 26.3. The van der Waals surface area contributed by atoms with Crippen molar-refractivity contribution in [2.45, 2.75) is 212 Å². The van der Waals surface area contributed by atoms with E-state index in [9.17, 15) is 28.5 Å². The molecule has 0 aliphatic carbocycles. The van der Waals surface area contributed by atoms with Crippen molar-refractivity contribution in [3.8, 4) is 0 Å². The second-order valence-electron chi connectivity index (χ2n) is 20.4. The Morgan fingerprint density at radius 2 is 0.761 bits per heavy atom. The molecule has 400 valence electrons. The van der Waals surface area contributed by atoms with Crippen LogP contribution in [0.15, 0.2) is 0 Å². The van der Waals surface area contributed by atoms with Crippen LogP contribution in [0.5, 0.6) is 0 Å². The molecular weight excluding hydrogens is 902 g/mol. The number of quaternary nitrogens is 2. The number of unbranched alkanes of at least 4 members (excludes halogenated alkanes) is 25. The summed E-state index contributed by atoms with van der Waals surface area (Å²) < 4.78 is 63.8. The summed E-state index contributed by atoms with van der Waals surface area (Å²) in [5.41, 5.74) is 0.